The van der Waals surface area contributed by atoms with Crippen molar-refractivity contribution in [3.8, 4) is 5.75 Å². The summed E-state index contributed by atoms with van der Waals surface area (Å²) in [5.41, 5.74) is 2.51. The predicted octanol–water partition coefficient (Wildman–Crippen LogP) is 4.64. The molecule has 132 valence electrons. The first-order valence-electron chi connectivity index (χ1n) is 8.77. The summed E-state index contributed by atoms with van der Waals surface area (Å²) in [7, 11) is 0. The number of carbonyl (C=O) groups excluding carboxylic acids is 2. The van der Waals surface area contributed by atoms with Crippen LogP contribution in [-0.4, -0.2) is 18.3 Å². The van der Waals surface area contributed by atoms with Crippen LogP contribution >= 0.6 is 0 Å². The van der Waals surface area contributed by atoms with Crippen molar-refractivity contribution in [3.63, 3.8) is 0 Å². The summed E-state index contributed by atoms with van der Waals surface area (Å²) in [5, 5.41) is 2.89. The fraction of sp³-hybridized carbons (Fsp3) is 0.333. The van der Waals surface area contributed by atoms with Crippen molar-refractivity contribution in [1.82, 2.24) is 0 Å². The van der Waals surface area contributed by atoms with Crippen LogP contribution in [0.4, 0.5) is 5.69 Å². The average molecular weight is 339 g/mol. The van der Waals surface area contributed by atoms with Crippen LogP contribution in [0.1, 0.15) is 49.0 Å². The van der Waals surface area contributed by atoms with Gasteiger partial charge in [0.1, 0.15) is 5.75 Å². The average Bonchev–Trinajstić information content (AvgIpc) is 2.65. The summed E-state index contributed by atoms with van der Waals surface area (Å²) >= 11 is 0. The first-order chi connectivity index (χ1) is 12.1. The zero-order valence-corrected chi connectivity index (χ0v) is 14.9. The van der Waals surface area contributed by atoms with E-state index < -0.39 is 0 Å². The second kappa shape index (κ2) is 9.62. The highest BCUT2D eigenvalue weighted by molar-refractivity contribution is 6.00. The number of nitrogens with one attached hydrogen (secondary N) is 1. The van der Waals surface area contributed by atoms with Gasteiger partial charge < -0.3 is 10.1 Å². The molecule has 0 atom stereocenters. The number of carbonyl (C=O) groups is 2. The molecule has 1 amide bonds. The van der Waals surface area contributed by atoms with Crippen LogP contribution in [-0.2, 0) is 11.2 Å². The van der Waals surface area contributed by atoms with Gasteiger partial charge in [-0.3, -0.25) is 9.59 Å². The van der Waals surface area contributed by atoms with E-state index in [2.05, 4.69) is 5.32 Å². The Morgan fingerprint density at radius 2 is 1.68 bits per heavy atom. The molecule has 2 aromatic carbocycles. The van der Waals surface area contributed by atoms with Gasteiger partial charge in [-0.05, 0) is 48.7 Å². The Kier molecular flexibility index (Phi) is 7.20. The van der Waals surface area contributed by atoms with Crippen molar-refractivity contribution in [2.45, 2.75) is 39.5 Å². The summed E-state index contributed by atoms with van der Waals surface area (Å²) in [6.45, 7) is 4.75. The Morgan fingerprint density at radius 3 is 2.36 bits per heavy atom. The molecule has 0 saturated heterocycles. The van der Waals surface area contributed by atoms with Crippen LogP contribution in [0.5, 0.6) is 5.75 Å². The van der Waals surface area contributed by atoms with Crippen LogP contribution in [0.15, 0.2) is 48.5 Å². The first kappa shape index (κ1) is 18.7. The number of rotatable bonds is 9. The number of ether oxygens (including phenoxy) is 1. The third-order valence-corrected chi connectivity index (χ3v) is 3.90. The Morgan fingerprint density at radius 1 is 0.960 bits per heavy atom. The number of benzene rings is 2. The second-order valence-electron chi connectivity index (χ2n) is 5.85. The monoisotopic (exact) mass is 339 g/mol. The number of ketones is 1. The van der Waals surface area contributed by atoms with Gasteiger partial charge in [0, 0.05) is 24.1 Å². The highest BCUT2D eigenvalue weighted by atomic mass is 16.5. The predicted molar refractivity (Wildman–Crippen MR) is 100 cm³/mol. The van der Waals surface area contributed by atoms with Gasteiger partial charge in [0.15, 0.2) is 5.78 Å². The molecular weight excluding hydrogens is 314 g/mol. The quantitative estimate of drug-likeness (QED) is 0.677. The largest absolute Gasteiger partial charge is 0.494 e. The van der Waals surface area contributed by atoms with Crippen LogP contribution in [0.2, 0.25) is 0 Å². The maximum absolute atomic E-state index is 12.2. The lowest BCUT2D eigenvalue weighted by molar-refractivity contribution is -0.116. The van der Waals surface area contributed by atoms with Crippen LogP contribution in [0, 0.1) is 0 Å². The van der Waals surface area contributed by atoms with E-state index in [0.717, 1.165) is 29.8 Å². The van der Waals surface area contributed by atoms with Gasteiger partial charge in [0.05, 0.1) is 6.61 Å². The zero-order chi connectivity index (χ0) is 18.1. The van der Waals surface area contributed by atoms with Crippen molar-refractivity contribution in [3.05, 3.63) is 59.7 Å². The summed E-state index contributed by atoms with van der Waals surface area (Å²) in [5.74, 6) is 0.574. The van der Waals surface area contributed by atoms with E-state index in [-0.39, 0.29) is 24.5 Å². The maximum Gasteiger partial charge on any atom is 0.224 e. The maximum atomic E-state index is 12.2. The molecule has 2 rings (SSSR count). The summed E-state index contributed by atoms with van der Waals surface area (Å²) in [4.78, 5) is 24.3. The summed E-state index contributed by atoms with van der Waals surface area (Å²) in [6, 6.07) is 14.8. The van der Waals surface area contributed by atoms with Gasteiger partial charge in [-0.25, -0.2) is 0 Å². The first-order valence-corrected chi connectivity index (χ1v) is 8.77. The number of para-hydroxylation sites is 1. The van der Waals surface area contributed by atoms with E-state index in [4.69, 9.17) is 4.74 Å². The van der Waals surface area contributed by atoms with Gasteiger partial charge in [0.25, 0.3) is 0 Å². The number of amides is 1. The lowest BCUT2D eigenvalue weighted by atomic mass is 10.1. The van der Waals surface area contributed by atoms with E-state index in [1.54, 1.807) is 24.3 Å². The van der Waals surface area contributed by atoms with Gasteiger partial charge in [-0.15, -0.1) is 0 Å². The molecule has 0 aliphatic rings. The third kappa shape index (κ3) is 5.75. The molecule has 0 bridgehead atoms. The molecule has 1 N–H and O–H groups in total. The van der Waals surface area contributed by atoms with E-state index in [1.807, 2.05) is 38.1 Å². The minimum Gasteiger partial charge on any atom is -0.494 e. The van der Waals surface area contributed by atoms with E-state index in [9.17, 15) is 9.59 Å². The van der Waals surface area contributed by atoms with Gasteiger partial charge >= 0.3 is 0 Å². The summed E-state index contributed by atoms with van der Waals surface area (Å²) < 4.78 is 5.50. The molecule has 25 heavy (non-hydrogen) atoms. The van der Waals surface area contributed by atoms with Crippen LogP contribution in [0.3, 0.4) is 0 Å². The summed E-state index contributed by atoms with van der Waals surface area (Å²) in [6.07, 6.45) is 2.15. The molecule has 0 saturated carbocycles. The molecule has 0 aliphatic heterocycles. The third-order valence-electron chi connectivity index (χ3n) is 3.90. The van der Waals surface area contributed by atoms with E-state index in [0.29, 0.717) is 12.2 Å². The molecule has 0 spiro atoms. The fourth-order valence-electron chi connectivity index (χ4n) is 2.49. The molecule has 0 heterocycles. The topological polar surface area (TPSA) is 55.4 Å². The van der Waals surface area contributed by atoms with Crippen molar-refractivity contribution in [2.24, 2.45) is 0 Å². The van der Waals surface area contributed by atoms with Gasteiger partial charge in [-0.1, -0.05) is 32.0 Å². The molecule has 0 aliphatic carbocycles. The zero-order valence-electron chi connectivity index (χ0n) is 14.9. The van der Waals surface area contributed by atoms with Crippen LogP contribution < -0.4 is 10.1 Å². The molecular formula is C21H25NO3. The minimum atomic E-state index is -0.142. The Bertz CT molecular complexity index is 707. The molecule has 4 heteroatoms. The van der Waals surface area contributed by atoms with Crippen molar-refractivity contribution < 1.29 is 14.3 Å². The van der Waals surface area contributed by atoms with Gasteiger partial charge in [0.2, 0.25) is 5.91 Å². The highest BCUT2D eigenvalue weighted by Crippen LogP contribution is 2.17. The normalized spacial score (nSPS) is 10.3. The van der Waals surface area contributed by atoms with Crippen molar-refractivity contribution >= 4 is 17.4 Å². The Labute approximate surface area is 149 Å². The van der Waals surface area contributed by atoms with E-state index in [1.165, 1.54) is 0 Å². The molecule has 4 nitrogen and oxygen atoms in total. The molecule has 0 unspecified atom stereocenters. The van der Waals surface area contributed by atoms with Gasteiger partial charge in [-0.2, -0.15) is 0 Å². The number of anilines is 1. The number of aryl methyl sites for hydroxylation is 1. The number of hydrogen-bond acceptors (Lipinski definition) is 3. The SMILES string of the molecule is CCCOc1ccc(C(=O)CCC(=O)Nc2ccccc2CC)cc1. The lowest BCUT2D eigenvalue weighted by Gasteiger charge is -2.09. The Hall–Kier alpha value is -2.62. The fourth-order valence-corrected chi connectivity index (χ4v) is 2.49. The van der Waals surface area contributed by atoms with Crippen molar-refractivity contribution in [1.29, 1.82) is 0 Å². The number of hydrogen-bond donors (Lipinski definition) is 1. The number of Topliss-reactive ketones (excluding diaryl/α,β-unsaturated/α-hetero) is 1. The molecule has 0 fully saturated rings. The molecule has 2 aromatic rings. The molecule has 0 radical (unpaired) electrons. The second-order valence-corrected chi connectivity index (χ2v) is 5.85. The Balaban J connectivity index is 1.85. The van der Waals surface area contributed by atoms with Crippen LogP contribution in [0.25, 0.3) is 0 Å². The lowest BCUT2D eigenvalue weighted by Crippen LogP contribution is -2.14. The smallest absolute Gasteiger partial charge is 0.224 e. The highest BCUT2D eigenvalue weighted by Gasteiger charge is 2.11. The standard InChI is InChI=1S/C21H25NO3/c1-3-15-25-18-11-9-17(10-12-18)20(23)13-14-21(24)22-19-8-6-5-7-16(19)4-2/h5-12H,3-4,13-15H2,1-2H3,(H,22,24). The minimum absolute atomic E-state index is 0.0408. The van der Waals surface area contributed by atoms with Crippen molar-refractivity contribution in [2.75, 3.05) is 11.9 Å². The molecule has 0 aromatic heterocycles. The van der Waals surface area contributed by atoms with E-state index >= 15 is 0 Å².